The first kappa shape index (κ1) is 21.0. The van der Waals surface area contributed by atoms with Crippen LogP contribution in [0.4, 0.5) is 0 Å². The average Bonchev–Trinajstić information content (AvgIpc) is 2.87. The minimum absolute atomic E-state index is 0.136. The number of rotatable bonds is 10. The number of benzene rings is 1. The van der Waals surface area contributed by atoms with E-state index in [1.165, 1.54) is 0 Å². The molecule has 0 fully saturated rings. The molecule has 0 saturated heterocycles. The minimum atomic E-state index is -0.587. The Morgan fingerprint density at radius 2 is 1.93 bits per heavy atom. The zero-order chi connectivity index (χ0) is 20.0. The summed E-state index contributed by atoms with van der Waals surface area (Å²) in [6.07, 6.45) is 0.904. The molecule has 1 heterocycles. The van der Waals surface area contributed by atoms with Crippen molar-refractivity contribution in [3.8, 4) is 5.75 Å². The van der Waals surface area contributed by atoms with Gasteiger partial charge in [0.1, 0.15) is 5.75 Å². The van der Waals surface area contributed by atoms with Gasteiger partial charge in [0, 0.05) is 26.7 Å². The summed E-state index contributed by atoms with van der Waals surface area (Å²) in [5.74, 6) is -0.269. The van der Waals surface area contributed by atoms with Gasteiger partial charge >= 0.3 is 0 Å². The number of ether oxygens (including phenoxy) is 2. The van der Waals surface area contributed by atoms with Crippen LogP contribution in [0, 0.1) is 5.92 Å². The van der Waals surface area contributed by atoms with Crippen molar-refractivity contribution >= 4 is 11.7 Å². The van der Waals surface area contributed by atoms with Crippen molar-refractivity contribution < 1.29 is 24.2 Å². The van der Waals surface area contributed by atoms with Crippen molar-refractivity contribution in [2.45, 2.75) is 39.7 Å². The molecule has 0 saturated carbocycles. The highest BCUT2D eigenvalue weighted by Gasteiger charge is 2.43. The van der Waals surface area contributed by atoms with E-state index >= 15 is 0 Å². The molecule has 0 bridgehead atoms. The fourth-order valence-electron chi connectivity index (χ4n) is 3.29. The zero-order valence-electron chi connectivity index (χ0n) is 16.5. The number of nitrogens with zero attached hydrogens (tertiary/aromatic N) is 1. The third-order valence-electron chi connectivity index (χ3n) is 4.45. The van der Waals surface area contributed by atoms with Gasteiger partial charge in [0.05, 0.1) is 18.2 Å². The molecule has 0 aliphatic carbocycles. The first-order valence-corrected chi connectivity index (χ1v) is 9.39. The molecular weight excluding hydrogens is 346 g/mol. The van der Waals surface area contributed by atoms with Crippen LogP contribution >= 0.6 is 0 Å². The summed E-state index contributed by atoms with van der Waals surface area (Å²) in [7, 11) is 1.60. The normalized spacial score (nSPS) is 17.1. The highest BCUT2D eigenvalue weighted by molar-refractivity contribution is 6.09. The fourth-order valence-corrected chi connectivity index (χ4v) is 3.29. The molecule has 27 heavy (non-hydrogen) atoms. The number of hydrogen-bond donors (Lipinski definition) is 1. The number of Topliss-reactive ketones (excluding diaryl/α,β-unsaturated/α-hetero) is 1. The standard InChI is InChI=1S/C21H29NO5/c1-5-27-16-9-7-15(8-10-16)19-18(17(23)13-14(2)3)20(24)21(25)22(19)11-6-12-26-4/h7-10,14,19,24H,5-6,11-13H2,1-4H3. The number of carbonyl (C=O) groups is 2. The van der Waals surface area contributed by atoms with Crippen LogP contribution in [0.25, 0.3) is 0 Å². The van der Waals surface area contributed by atoms with Crippen LogP contribution in [0.5, 0.6) is 5.75 Å². The quantitative estimate of drug-likeness (QED) is 0.634. The lowest BCUT2D eigenvalue weighted by atomic mass is 9.92. The summed E-state index contributed by atoms with van der Waals surface area (Å²) in [5, 5.41) is 10.4. The Kier molecular flexibility index (Phi) is 7.42. The van der Waals surface area contributed by atoms with E-state index in [9.17, 15) is 14.7 Å². The maximum Gasteiger partial charge on any atom is 0.290 e. The smallest absolute Gasteiger partial charge is 0.290 e. The second-order valence-corrected chi connectivity index (χ2v) is 7.03. The number of aliphatic hydroxyl groups is 1. The predicted molar refractivity (Wildman–Crippen MR) is 103 cm³/mol. The summed E-state index contributed by atoms with van der Waals surface area (Å²) < 4.78 is 10.6. The highest BCUT2D eigenvalue weighted by Crippen LogP contribution is 2.39. The Balaban J connectivity index is 2.39. The van der Waals surface area contributed by atoms with Crippen LogP contribution < -0.4 is 4.74 Å². The van der Waals surface area contributed by atoms with E-state index in [0.29, 0.717) is 26.2 Å². The van der Waals surface area contributed by atoms with E-state index in [1.807, 2.05) is 45.0 Å². The van der Waals surface area contributed by atoms with Crippen LogP contribution in [-0.4, -0.2) is 48.6 Å². The van der Waals surface area contributed by atoms with E-state index < -0.39 is 17.7 Å². The first-order valence-electron chi connectivity index (χ1n) is 9.39. The van der Waals surface area contributed by atoms with Crippen LogP contribution in [-0.2, 0) is 14.3 Å². The number of carbonyl (C=O) groups excluding carboxylic acids is 2. The number of amides is 1. The Morgan fingerprint density at radius 3 is 2.48 bits per heavy atom. The maximum atomic E-state index is 12.8. The maximum absolute atomic E-state index is 12.8. The molecule has 1 aromatic carbocycles. The number of aliphatic hydroxyl groups excluding tert-OH is 1. The van der Waals surface area contributed by atoms with Gasteiger partial charge in [-0.15, -0.1) is 0 Å². The third kappa shape index (κ3) is 4.89. The molecule has 6 nitrogen and oxygen atoms in total. The Hall–Kier alpha value is -2.34. The summed E-state index contributed by atoms with van der Waals surface area (Å²) in [6, 6.07) is 6.73. The van der Waals surface area contributed by atoms with Crippen molar-refractivity contribution in [1.29, 1.82) is 0 Å². The van der Waals surface area contributed by atoms with E-state index in [4.69, 9.17) is 9.47 Å². The lowest BCUT2D eigenvalue weighted by molar-refractivity contribution is -0.129. The molecule has 1 unspecified atom stereocenters. The molecule has 2 rings (SSSR count). The monoisotopic (exact) mass is 375 g/mol. The van der Waals surface area contributed by atoms with Crippen molar-refractivity contribution in [1.82, 2.24) is 4.90 Å². The van der Waals surface area contributed by atoms with Gasteiger partial charge < -0.3 is 19.5 Å². The first-order chi connectivity index (χ1) is 12.9. The van der Waals surface area contributed by atoms with Gasteiger partial charge in [-0.05, 0) is 37.0 Å². The predicted octanol–water partition coefficient (Wildman–Crippen LogP) is 3.43. The average molecular weight is 375 g/mol. The van der Waals surface area contributed by atoms with Crippen molar-refractivity contribution in [3.63, 3.8) is 0 Å². The van der Waals surface area contributed by atoms with E-state index in [0.717, 1.165) is 11.3 Å². The minimum Gasteiger partial charge on any atom is -0.503 e. The molecule has 0 aromatic heterocycles. The summed E-state index contributed by atoms with van der Waals surface area (Å²) >= 11 is 0. The molecule has 6 heteroatoms. The van der Waals surface area contributed by atoms with Crippen LogP contribution in [0.3, 0.4) is 0 Å². The lowest BCUT2D eigenvalue weighted by Gasteiger charge is -2.27. The van der Waals surface area contributed by atoms with Gasteiger partial charge in [0.25, 0.3) is 5.91 Å². The van der Waals surface area contributed by atoms with Crippen molar-refractivity contribution in [3.05, 3.63) is 41.2 Å². The van der Waals surface area contributed by atoms with Gasteiger partial charge in [-0.1, -0.05) is 26.0 Å². The lowest BCUT2D eigenvalue weighted by Crippen LogP contribution is -2.32. The molecule has 1 N–H and O–H groups in total. The molecule has 1 aliphatic rings. The van der Waals surface area contributed by atoms with E-state index in [2.05, 4.69) is 0 Å². The van der Waals surface area contributed by atoms with Crippen molar-refractivity contribution in [2.75, 3.05) is 26.9 Å². The number of hydrogen-bond acceptors (Lipinski definition) is 5. The second-order valence-electron chi connectivity index (χ2n) is 7.03. The number of ketones is 1. The largest absolute Gasteiger partial charge is 0.503 e. The third-order valence-corrected chi connectivity index (χ3v) is 4.45. The highest BCUT2D eigenvalue weighted by atomic mass is 16.5. The Bertz CT molecular complexity index is 693. The number of methoxy groups -OCH3 is 1. The van der Waals surface area contributed by atoms with E-state index in [-0.39, 0.29) is 23.7 Å². The van der Waals surface area contributed by atoms with Gasteiger partial charge in [0.15, 0.2) is 11.5 Å². The van der Waals surface area contributed by atoms with Crippen molar-refractivity contribution in [2.24, 2.45) is 5.92 Å². The molecule has 1 atom stereocenters. The van der Waals surface area contributed by atoms with Crippen LogP contribution in [0.2, 0.25) is 0 Å². The Labute approximate surface area is 160 Å². The van der Waals surface area contributed by atoms with Gasteiger partial charge in [-0.3, -0.25) is 9.59 Å². The molecule has 0 radical (unpaired) electrons. The SMILES string of the molecule is CCOc1ccc(C2C(C(=O)CC(C)C)=C(O)C(=O)N2CCCOC)cc1. The summed E-state index contributed by atoms with van der Waals surface area (Å²) in [6.45, 7) is 7.24. The fraction of sp³-hybridized carbons (Fsp3) is 0.524. The topological polar surface area (TPSA) is 76.1 Å². The molecule has 1 aliphatic heterocycles. The summed E-state index contributed by atoms with van der Waals surface area (Å²) in [5.41, 5.74) is 0.968. The van der Waals surface area contributed by atoms with Crippen LogP contribution in [0.1, 0.15) is 45.2 Å². The molecule has 0 spiro atoms. The second kappa shape index (κ2) is 9.55. The molecule has 1 aromatic rings. The summed E-state index contributed by atoms with van der Waals surface area (Å²) in [4.78, 5) is 27.0. The zero-order valence-corrected chi connectivity index (χ0v) is 16.5. The van der Waals surface area contributed by atoms with Gasteiger partial charge in [0.2, 0.25) is 0 Å². The Morgan fingerprint density at radius 1 is 1.26 bits per heavy atom. The molecule has 148 valence electrons. The van der Waals surface area contributed by atoms with Gasteiger partial charge in [-0.2, -0.15) is 0 Å². The van der Waals surface area contributed by atoms with Gasteiger partial charge in [-0.25, -0.2) is 0 Å². The molecular formula is C21H29NO5. The van der Waals surface area contributed by atoms with E-state index in [1.54, 1.807) is 12.0 Å². The van der Waals surface area contributed by atoms with Crippen LogP contribution in [0.15, 0.2) is 35.6 Å². The molecule has 1 amide bonds.